The van der Waals surface area contributed by atoms with Crippen molar-refractivity contribution in [2.75, 3.05) is 19.8 Å². The predicted molar refractivity (Wildman–Crippen MR) is 128 cm³/mol. The van der Waals surface area contributed by atoms with Gasteiger partial charge >= 0.3 is 12.1 Å². The quantitative estimate of drug-likeness (QED) is 0.563. The molecule has 1 heterocycles. The van der Waals surface area contributed by atoms with Crippen LogP contribution >= 0.6 is 0 Å². The van der Waals surface area contributed by atoms with Gasteiger partial charge in [0.05, 0.1) is 5.92 Å². The summed E-state index contributed by atoms with van der Waals surface area (Å²) in [6, 6.07) is 16.0. The Balaban J connectivity index is 1.15. The molecule has 2 aromatic rings. The van der Waals surface area contributed by atoms with Crippen molar-refractivity contribution in [2.45, 2.75) is 43.7 Å². The topological polar surface area (TPSA) is 114 Å². The van der Waals surface area contributed by atoms with Crippen LogP contribution in [0.15, 0.2) is 48.5 Å². The summed E-state index contributed by atoms with van der Waals surface area (Å²) < 4.78 is 10.9. The van der Waals surface area contributed by atoms with Crippen LogP contribution in [0.1, 0.15) is 42.7 Å². The van der Waals surface area contributed by atoms with Gasteiger partial charge in [-0.05, 0) is 41.5 Å². The van der Waals surface area contributed by atoms with Gasteiger partial charge in [-0.25, -0.2) is 9.59 Å². The summed E-state index contributed by atoms with van der Waals surface area (Å²) in [4.78, 5) is 36.8. The summed E-state index contributed by atoms with van der Waals surface area (Å²) in [6.07, 6.45) is 1.40. The van der Waals surface area contributed by atoms with Gasteiger partial charge in [0.2, 0.25) is 5.91 Å². The zero-order chi connectivity index (χ0) is 24.4. The Morgan fingerprint density at radius 3 is 2.34 bits per heavy atom. The number of ether oxygens (including phenoxy) is 2. The second-order valence-electron chi connectivity index (χ2n) is 9.54. The molecule has 8 heteroatoms. The summed E-state index contributed by atoms with van der Waals surface area (Å²) in [5.74, 6) is -1.79. The summed E-state index contributed by atoms with van der Waals surface area (Å²) in [6.45, 7) is 0.860. The fraction of sp³-hybridized carbons (Fsp3) is 0.444. The van der Waals surface area contributed by atoms with Crippen molar-refractivity contribution in [1.82, 2.24) is 10.6 Å². The van der Waals surface area contributed by atoms with E-state index in [0.717, 1.165) is 17.5 Å². The molecule has 2 fully saturated rings. The first kappa shape index (κ1) is 23.4. The van der Waals surface area contributed by atoms with E-state index in [2.05, 4.69) is 34.9 Å². The highest BCUT2D eigenvalue weighted by atomic mass is 16.5. The molecule has 0 aromatic heterocycles. The zero-order valence-corrected chi connectivity index (χ0v) is 19.4. The molecular weight excluding hydrogens is 448 g/mol. The molecule has 1 aliphatic heterocycles. The number of hydrogen-bond donors (Lipinski definition) is 3. The van der Waals surface area contributed by atoms with E-state index in [1.165, 1.54) is 11.1 Å². The van der Waals surface area contributed by atoms with Crippen molar-refractivity contribution < 1.29 is 29.0 Å². The molecular formula is C27H30N2O6. The van der Waals surface area contributed by atoms with Crippen LogP contribution in [0.5, 0.6) is 0 Å². The summed E-state index contributed by atoms with van der Waals surface area (Å²) in [5, 5.41) is 15.0. The minimum atomic E-state index is -1.00. The van der Waals surface area contributed by atoms with Crippen LogP contribution in [0.3, 0.4) is 0 Å². The van der Waals surface area contributed by atoms with Crippen molar-refractivity contribution in [1.29, 1.82) is 0 Å². The summed E-state index contributed by atoms with van der Waals surface area (Å²) >= 11 is 0. The fourth-order valence-electron chi connectivity index (χ4n) is 5.72. The first-order valence-electron chi connectivity index (χ1n) is 12.3. The number of carboxylic acids is 1. The van der Waals surface area contributed by atoms with Crippen LogP contribution in [0, 0.1) is 11.8 Å². The average molecular weight is 479 g/mol. The molecule has 3 N–H and O–H groups in total. The van der Waals surface area contributed by atoms with Crippen molar-refractivity contribution in [3.63, 3.8) is 0 Å². The molecule has 1 saturated carbocycles. The van der Waals surface area contributed by atoms with Crippen LogP contribution in [0.4, 0.5) is 4.79 Å². The molecule has 0 radical (unpaired) electrons. The highest BCUT2D eigenvalue weighted by molar-refractivity contribution is 5.81. The lowest BCUT2D eigenvalue weighted by Gasteiger charge is -2.22. The number of rotatable bonds is 7. The number of alkyl carbamates (subject to hydrolysis) is 1. The number of carbonyl (C=O) groups excluding carboxylic acids is 2. The van der Waals surface area contributed by atoms with Crippen molar-refractivity contribution >= 4 is 18.0 Å². The van der Waals surface area contributed by atoms with Crippen molar-refractivity contribution in [3.05, 3.63) is 59.7 Å². The molecule has 184 valence electrons. The van der Waals surface area contributed by atoms with Gasteiger partial charge in [-0.3, -0.25) is 4.79 Å². The van der Waals surface area contributed by atoms with Crippen LogP contribution < -0.4 is 10.6 Å². The van der Waals surface area contributed by atoms with E-state index >= 15 is 0 Å². The Hall–Kier alpha value is -3.39. The number of fused-ring (bicyclic) bond motifs is 3. The summed E-state index contributed by atoms with van der Waals surface area (Å²) in [7, 11) is 0. The molecule has 8 nitrogen and oxygen atoms in total. The second kappa shape index (κ2) is 10.1. The zero-order valence-electron chi connectivity index (χ0n) is 19.4. The highest BCUT2D eigenvalue weighted by Gasteiger charge is 2.38. The lowest BCUT2D eigenvalue weighted by Crippen LogP contribution is -2.46. The van der Waals surface area contributed by atoms with E-state index in [1.807, 2.05) is 24.3 Å². The number of aliphatic carboxylic acids is 1. The first-order valence-corrected chi connectivity index (χ1v) is 12.3. The molecule has 1 saturated heterocycles. The molecule has 35 heavy (non-hydrogen) atoms. The normalized spacial score (nSPS) is 25.0. The third-order valence-electron chi connectivity index (χ3n) is 7.50. The smallest absolute Gasteiger partial charge is 0.407 e. The molecule has 0 bridgehead atoms. The second-order valence-corrected chi connectivity index (χ2v) is 9.54. The van der Waals surface area contributed by atoms with Crippen LogP contribution in [0.2, 0.25) is 0 Å². The van der Waals surface area contributed by atoms with E-state index in [9.17, 15) is 19.5 Å². The van der Waals surface area contributed by atoms with Gasteiger partial charge in [-0.15, -0.1) is 0 Å². The number of benzene rings is 2. The van der Waals surface area contributed by atoms with E-state index in [1.54, 1.807) is 0 Å². The Kier molecular flexibility index (Phi) is 6.72. The number of amides is 2. The van der Waals surface area contributed by atoms with Crippen molar-refractivity contribution in [3.8, 4) is 11.1 Å². The fourth-order valence-corrected chi connectivity index (χ4v) is 5.72. The van der Waals surface area contributed by atoms with Gasteiger partial charge in [0.15, 0.2) is 6.10 Å². The lowest BCUT2D eigenvalue weighted by atomic mass is 9.98. The van der Waals surface area contributed by atoms with Gasteiger partial charge in [-0.1, -0.05) is 55.0 Å². The van der Waals surface area contributed by atoms with Crippen LogP contribution in [-0.2, 0) is 19.1 Å². The van der Waals surface area contributed by atoms with E-state index < -0.39 is 18.2 Å². The standard InChI is InChI=1S/C27H30N2O6/c30-25(28-14-16-12-13-34-24(16)26(31)32)21-10-5-11-23(21)29-27(33)35-15-22-19-8-3-1-6-17(19)18-7-2-4-9-20(18)22/h1-4,6-9,16,21-24H,5,10-15H2,(H,28,30)(H,29,33)(H,31,32)/t16?,21-,23+,24?/m0/s1. The Morgan fingerprint density at radius 2 is 1.66 bits per heavy atom. The Bertz CT molecular complexity index is 1070. The molecule has 3 aliphatic rings. The van der Waals surface area contributed by atoms with E-state index in [0.29, 0.717) is 25.9 Å². The molecule has 5 rings (SSSR count). The van der Waals surface area contributed by atoms with Gasteiger partial charge < -0.3 is 25.2 Å². The van der Waals surface area contributed by atoms with Crippen LogP contribution in [0.25, 0.3) is 11.1 Å². The maximum atomic E-state index is 12.8. The van der Waals surface area contributed by atoms with E-state index in [-0.39, 0.29) is 42.9 Å². The molecule has 4 atom stereocenters. The Morgan fingerprint density at radius 1 is 0.971 bits per heavy atom. The van der Waals surface area contributed by atoms with Gasteiger partial charge in [0.25, 0.3) is 0 Å². The number of nitrogens with one attached hydrogen (secondary N) is 2. The minimum Gasteiger partial charge on any atom is -0.479 e. The minimum absolute atomic E-state index is 0.0216. The SMILES string of the molecule is O=C(N[C@@H]1CCC[C@@H]1C(=O)NCC1CCOC1C(=O)O)OCC1c2ccccc2-c2ccccc21. The van der Waals surface area contributed by atoms with Gasteiger partial charge in [0, 0.05) is 31.0 Å². The number of hydrogen-bond acceptors (Lipinski definition) is 5. The maximum Gasteiger partial charge on any atom is 0.407 e. The Labute approximate surface area is 204 Å². The van der Waals surface area contributed by atoms with Crippen molar-refractivity contribution in [2.24, 2.45) is 11.8 Å². The highest BCUT2D eigenvalue weighted by Crippen LogP contribution is 2.44. The monoisotopic (exact) mass is 478 g/mol. The van der Waals surface area contributed by atoms with Gasteiger partial charge in [-0.2, -0.15) is 0 Å². The van der Waals surface area contributed by atoms with Gasteiger partial charge in [0.1, 0.15) is 6.61 Å². The molecule has 2 aromatic carbocycles. The third kappa shape index (κ3) is 4.75. The predicted octanol–water partition coefficient (Wildman–Crippen LogP) is 3.30. The molecule has 2 unspecified atom stereocenters. The lowest BCUT2D eigenvalue weighted by molar-refractivity contribution is -0.149. The number of carboxylic acid groups (broad SMARTS) is 1. The first-order chi connectivity index (χ1) is 17.0. The molecule has 2 aliphatic carbocycles. The molecule has 2 amide bonds. The number of carbonyl (C=O) groups is 3. The van der Waals surface area contributed by atoms with E-state index in [4.69, 9.17) is 9.47 Å². The maximum absolute atomic E-state index is 12.8. The summed E-state index contributed by atoms with van der Waals surface area (Å²) in [5.41, 5.74) is 4.63. The van der Waals surface area contributed by atoms with Crippen LogP contribution in [-0.4, -0.2) is 55.0 Å². The average Bonchev–Trinajstić information content (AvgIpc) is 3.59. The molecule has 0 spiro atoms. The third-order valence-corrected chi connectivity index (χ3v) is 7.50. The largest absolute Gasteiger partial charge is 0.479 e.